The minimum absolute atomic E-state index is 0.227. The number of rotatable bonds is 3. The minimum atomic E-state index is 0.227. The molecule has 2 rings (SSSR count). The summed E-state index contributed by atoms with van der Waals surface area (Å²) >= 11 is 0. The van der Waals surface area contributed by atoms with Crippen LogP contribution in [0.25, 0.3) is 0 Å². The normalized spacial score (nSPS) is 17.0. The van der Waals surface area contributed by atoms with E-state index in [0.29, 0.717) is 5.92 Å². The van der Waals surface area contributed by atoms with Crippen molar-refractivity contribution in [2.75, 3.05) is 19.8 Å². The van der Waals surface area contributed by atoms with Gasteiger partial charge in [0.1, 0.15) is 0 Å². The van der Waals surface area contributed by atoms with Gasteiger partial charge in [-0.2, -0.15) is 0 Å². The van der Waals surface area contributed by atoms with Gasteiger partial charge in [0.2, 0.25) is 0 Å². The van der Waals surface area contributed by atoms with E-state index in [1.807, 2.05) is 6.07 Å². The van der Waals surface area contributed by atoms with Crippen molar-refractivity contribution in [3.63, 3.8) is 0 Å². The summed E-state index contributed by atoms with van der Waals surface area (Å²) in [5.74, 6) is 0.558. The molecule has 0 aliphatic carbocycles. The molecule has 1 N–H and O–H groups in total. The van der Waals surface area contributed by atoms with Crippen molar-refractivity contribution >= 4 is 0 Å². The van der Waals surface area contributed by atoms with Gasteiger partial charge in [-0.3, -0.25) is 0 Å². The molecule has 1 fully saturated rings. The number of hydrogen-bond acceptors (Lipinski definition) is 2. The molecular formula is C11H14O2. The predicted octanol–water partition coefficient (Wildman–Crippen LogP) is 1.34. The Balaban J connectivity index is 2.20. The number of aliphatic hydroxyl groups is 1. The third-order valence-electron chi connectivity index (χ3n) is 2.51. The molecule has 1 heterocycles. The van der Waals surface area contributed by atoms with Gasteiger partial charge in [0.25, 0.3) is 0 Å². The van der Waals surface area contributed by atoms with E-state index in [1.165, 1.54) is 11.1 Å². The van der Waals surface area contributed by atoms with Crippen molar-refractivity contribution in [1.82, 2.24) is 0 Å². The van der Waals surface area contributed by atoms with E-state index < -0.39 is 0 Å². The highest BCUT2D eigenvalue weighted by atomic mass is 16.5. The Kier molecular flexibility index (Phi) is 2.62. The van der Waals surface area contributed by atoms with Crippen LogP contribution in [0.2, 0.25) is 0 Å². The first kappa shape index (κ1) is 8.73. The lowest BCUT2D eigenvalue weighted by molar-refractivity contribution is 0.00801. The van der Waals surface area contributed by atoms with Gasteiger partial charge < -0.3 is 9.84 Å². The van der Waals surface area contributed by atoms with Crippen LogP contribution in [-0.2, 0) is 11.2 Å². The monoisotopic (exact) mass is 178 g/mol. The quantitative estimate of drug-likeness (QED) is 0.756. The Morgan fingerprint density at radius 2 is 2.08 bits per heavy atom. The van der Waals surface area contributed by atoms with E-state index in [2.05, 4.69) is 18.2 Å². The maximum atomic E-state index is 8.89. The van der Waals surface area contributed by atoms with Crippen LogP contribution in [0.4, 0.5) is 0 Å². The molecule has 0 atom stereocenters. The van der Waals surface area contributed by atoms with E-state index in [1.54, 1.807) is 0 Å². The number of benzene rings is 1. The van der Waals surface area contributed by atoms with E-state index in [9.17, 15) is 0 Å². The third kappa shape index (κ3) is 1.74. The molecule has 0 unspecified atom stereocenters. The molecular weight excluding hydrogens is 164 g/mol. The van der Waals surface area contributed by atoms with Crippen LogP contribution < -0.4 is 0 Å². The largest absolute Gasteiger partial charge is 0.396 e. The Morgan fingerprint density at radius 1 is 1.31 bits per heavy atom. The SMILES string of the molecule is OCCc1ccccc1C1COC1. The van der Waals surface area contributed by atoms with Crippen molar-refractivity contribution < 1.29 is 9.84 Å². The Labute approximate surface area is 78.2 Å². The lowest BCUT2D eigenvalue weighted by atomic mass is 9.92. The second-order valence-corrected chi connectivity index (χ2v) is 3.41. The van der Waals surface area contributed by atoms with E-state index in [-0.39, 0.29) is 6.61 Å². The fourth-order valence-corrected chi connectivity index (χ4v) is 1.70. The zero-order valence-electron chi connectivity index (χ0n) is 7.57. The summed E-state index contributed by atoms with van der Waals surface area (Å²) in [7, 11) is 0. The zero-order chi connectivity index (χ0) is 9.10. The average molecular weight is 178 g/mol. The van der Waals surface area contributed by atoms with Crippen LogP contribution in [0, 0.1) is 0 Å². The van der Waals surface area contributed by atoms with Gasteiger partial charge in [-0.15, -0.1) is 0 Å². The smallest absolute Gasteiger partial charge is 0.0557 e. The molecule has 0 radical (unpaired) electrons. The molecule has 0 bridgehead atoms. The van der Waals surface area contributed by atoms with Crippen LogP contribution >= 0.6 is 0 Å². The van der Waals surface area contributed by atoms with Crippen molar-refractivity contribution in [1.29, 1.82) is 0 Å². The fourth-order valence-electron chi connectivity index (χ4n) is 1.70. The van der Waals surface area contributed by atoms with Crippen LogP contribution in [0.1, 0.15) is 17.0 Å². The van der Waals surface area contributed by atoms with E-state index in [4.69, 9.17) is 9.84 Å². The molecule has 1 aliphatic heterocycles. The first-order chi connectivity index (χ1) is 6.42. The molecule has 13 heavy (non-hydrogen) atoms. The molecule has 0 spiro atoms. The predicted molar refractivity (Wildman–Crippen MR) is 50.8 cm³/mol. The Morgan fingerprint density at radius 3 is 2.69 bits per heavy atom. The standard InChI is InChI=1S/C11H14O2/c12-6-5-9-3-1-2-4-11(9)10-7-13-8-10/h1-4,10,12H,5-8H2. The van der Waals surface area contributed by atoms with Crippen molar-refractivity contribution in [3.8, 4) is 0 Å². The average Bonchev–Trinajstić information content (AvgIpc) is 2.05. The zero-order valence-corrected chi connectivity index (χ0v) is 7.57. The minimum Gasteiger partial charge on any atom is -0.396 e. The van der Waals surface area contributed by atoms with Gasteiger partial charge in [-0.25, -0.2) is 0 Å². The van der Waals surface area contributed by atoms with Gasteiger partial charge in [0.05, 0.1) is 13.2 Å². The van der Waals surface area contributed by atoms with Gasteiger partial charge in [0, 0.05) is 12.5 Å². The van der Waals surface area contributed by atoms with Gasteiger partial charge in [-0.1, -0.05) is 24.3 Å². The molecule has 1 aromatic carbocycles. The highest BCUT2D eigenvalue weighted by Crippen LogP contribution is 2.26. The summed E-state index contributed by atoms with van der Waals surface area (Å²) in [4.78, 5) is 0. The van der Waals surface area contributed by atoms with Crippen LogP contribution in [-0.4, -0.2) is 24.9 Å². The topological polar surface area (TPSA) is 29.5 Å². The summed E-state index contributed by atoms with van der Waals surface area (Å²) in [5, 5.41) is 8.89. The van der Waals surface area contributed by atoms with Crippen molar-refractivity contribution in [2.24, 2.45) is 0 Å². The molecule has 70 valence electrons. The van der Waals surface area contributed by atoms with E-state index >= 15 is 0 Å². The summed E-state index contributed by atoms with van der Waals surface area (Å²) in [5.41, 5.74) is 2.61. The summed E-state index contributed by atoms with van der Waals surface area (Å²) < 4.78 is 5.16. The molecule has 1 saturated heterocycles. The first-order valence-corrected chi connectivity index (χ1v) is 4.68. The molecule has 2 heteroatoms. The van der Waals surface area contributed by atoms with Gasteiger partial charge in [-0.05, 0) is 17.5 Å². The Hall–Kier alpha value is -0.860. The highest BCUT2D eigenvalue weighted by Gasteiger charge is 2.22. The fraction of sp³-hybridized carbons (Fsp3) is 0.455. The van der Waals surface area contributed by atoms with E-state index in [0.717, 1.165) is 19.6 Å². The molecule has 1 aromatic rings. The van der Waals surface area contributed by atoms with Crippen LogP contribution in [0.3, 0.4) is 0 Å². The number of hydrogen-bond donors (Lipinski definition) is 1. The second kappa shape index (κ2) is 3.90. The molecule has 0 amide bonds. The lowest BCUT2D eigenvalue weighted by Crippen LogP contribution is -2.26. The number of aliphatic hydroxyl groups excluding tert-OH is 1. The lowest BCUT2D eigenvalue weighted by Gasteiger charge is -2.28. The van der Waals surface area contributed by atoms with Gasteiger partial charge >= 0.3 is 0 Å². The molecule has 0 saturated carbocycles. The van der Waals surface area contributed by atoms with Crippen LogP contribution in [0.15, 0.2) is 24.3 Å². The van der Waals surface area contributed by atoms with Crippen molar-refractivity contribution in [3.05, 3.63) is 35.4 Å². The highest BCUT2D eigenvalue weighted by molar-refractivity contribution is 5.31. The maximum Gasteiger partial charge on any atom is 0.0557 e. The molecule has 2 nitrogen and oxygen atoms in total. The number of ether oxygens (including phenoxy) is 1. The molecule has 1 aliphatic rings. The molecule has 0 aromatic heterocycles. The summed E-state index contributed by atoms with van der Waals surface area (Å²) in [6, 6.07) is 8.30. The van der Waals surface area contributed by atoms with Crippen LogP contribution in [0.5, 0.6) is 0 Å². The Bertz CT molecular complexity index is 279. The van der Waals surface area contributed by atoms with Crippen molar-refractivity contribution in [2.45, 2.75) is 12.3 Å². The summed E-state index contributed by atoms with van der Waals surface area (Å²) in [6.45, 7) is 1.90. The van der Waals surface area contributed by atoms with Gasteiger partial charge in [0.15, 0.2) is 0 Å². The second-order valence-electron chi connectivity index (χ2n) is 3.41. The third-order valence-corrected chi connectivity index (χ3v) is 2.51. The maximum absolute atomic E-state index is 8.89. The first-order valence-electron chi connectivity index (χ1n) is 4.68. The summed E-state index contributed by atoms with van der Waals surface area (Å²) in [6.07, 6.45) is 0.757.